The summed E-state index contributed by atoms with van der Waals surface area (Å²) in [7, 11) is 0. The van der Waals surface area contributed by atoms with E-state index in [9.17, 15) is 19.2 Å². The average Bonchev–Trinajstić information content (AvgIpc) is 2.67. The van der Waals surface area contributed by atoms with Crippen LogP contribution in [0.4, 0.5) is 9.59 Å². The van der Waals surface area contributed by atoms with Gasteiger partial charge < -0.3 is 23.7 Å². The van der Waals surface area contributed by atoms with Crippen molar-refractivity contribution in [3.05, 3.63) is 32.6 Å². The summed E-state index contributed by atoms with van der Waals surface area (Å²) in [5, 5.41) is 0. The lowest BCUT2D eigenvalue weighted by Gasteiger charge is -2.26. The average molecular weight is 497 g/mol. The van der Waals surface area contributed by atoms with Crippen LogP contribution in [0.1, 0.15) is 66.7 Å². The number of hydrogen-bond donors (Lipinski definition) is 0. The van der Waals surface area contributed by atoms with E-state index >= 15 is 0 Å². The Hall–Kier alpha value is -3.26. The fraction of sp³-hybridized carbons (Fsp3) is 0.667. The highest BCUT2D eigenvalue weighted by atomic mass is 16.7. The lowest BCUT2D eigenvalue weighted by atomic mass is 10.2. The second-order valence-corrected chi connectivity index (χ2v) is 9.86. The highest BCUT2D eigenvalue weighted by Gasteiger charge is 2.25. The molecule has 0 saturated heterocycles. The van der Waals surface area contributed by atoms with E-state index in [0.29, 0.717) is 0 Å². The number of carbonyl (C=O) groups excluding carboxylic acids is 2. The van der Waals surface area contributed by atoms with Gasteiger partial charge in [-0.2, -0.15) is 0 Å². The van der Waals surface area contributed by atoms with Crippen LogP contribution in [-0.2, 0) is 30.2 Å². The van der Waals surface area contributed by atoms with Crippen LogP contribution in [0.25, 0.3) is 0 Å². The number of carbonyl (C=O) groups is 2. The minimum atomic E-state index is -0.981. The fourth-order valence-electron chi connectivity index (χ4n) is 2.82. The minimum absolute atomic E-state index is 0.0271. The highest BCUT2D eigenvalue weighted by Crippen LogP contribution is 2.18. The molecule has 0 N–H and O–H groups in total. The molecule has 1 rings (SSSR count). The molecule has 1 unspecified atom stereocenters. The van der Waals surface area contributed by atoms with Crippen LogP contribution < -0.4 is 11.2 Å². The van der Waals surface area contributed by atoms with Crippen molar-refractivity contribution in [2.24, 2.45) is 0 Å². The Labute approximate surface area is 205 Å². The molecule has 0 bridgehead atoms. The lowest BCUT2D eigenvalue weighted by Crippen LogP contribution is -2.43. The summed E-state index contributed by atoms with van der Waals surface area (Å²) in [4.78, 5) is 49.1. The van der Waals surface area contributed by atoms with Crippen LogP contribution in [0, 0.1) is 19.3 Å². The number of terminal acetylenes is 1. The van der Waals surface area contributed by atoms with E-state index in [1.54, 1.807) is 48.5 Å². The summed E-state index contributed by atoms with van der Waals surface area (Å²) >= 11 is 0. The van der Waals surface area contributed by atoms with Crippen LogP contribution >= 0.6 is 0 Å². The molecule has 1 aromatic heterocycles. The molecule has 1 aromatic rings. The quantitative estimate of drug-likeness (QED) is 0.288. The third kappa shape index (κ3) is 10.7. The number of rotatable bonds is 9. The molecule has 0 aliphatic carbocycles. The van der Waals surface area contributed by atoms with Gasteiger partial charge in [0.05, 0.1) is 13.2 Å². The van der Waals surface area contributed by atoms with Gasteiger partial charge in [0.1, 0.15) is 30.1 Å². The van der Waals surface area contributed by atoms with Gasteiger partial charge in [-0.3, -0.25) is 9.36 Å². The molecule has 0 fully saturated rings. The molecular formula is C24H36N2O9. The predicted molar refractivity (Wildman–Crippen MR) is 127 cm³/mol. The van der Waals surface area contributed by atoms with Crippen LogP contribution in [0.15, 0.2) is 15.8 Å². The first kappa shape index (κ1) is 29.8. The summed E-state index contributed by atoms with van der Waals surface area (Å²) in [6.45, 7) is 12.9. The monoisotopic (exact) mass is 496 g/mol. The fourth-order valence-corrected chi connectivity index (χ4v) is 2.82. The molecule has 196 valence electrons. The third-order valence-electron chi connectivity index (χ3n) is 4.15. The maximum absolute atomic E-state index is 13.0. The number of hydrogen-bond acceptors (Lipinski definition) is 9. The molecular weight excluding hydrogens is 460 g/mol. The summed E-state index contributed by atoms with van der Waals surface area (Å²) in [5.41, 5.74) is -2.41. The topological polar surface area (TPSA) is 124 Å². The molecule has 0 amide bonds. The summed E-state index contributed by atoms with van der Waals surface area (Å²) in [5.74, 6) is 2.28. The van der Waals surface area contributed by atoms with Gasteiger partial charge in [0.15, 0.2) is 0 Å². The van der Waals surface area contributed by atoms with Crippen LogP contribution in [-0.4, -0.2) is 52.0 Å². The molecule has 0 saturated carbocycles. The largest absolute Gasteiger partial charge is 0.509 e. The van der Waals surface area contributed by atoms with Gasteiger partial charge in [-0.25, -0.2) is 19.0 Å². The molecule has 11 heteroatoms. The molecule has 0 aliphatic rings. The van der Waals surface area contributed by atoms with E-state index < -0.39 is 47.1 Å². The molecule has 0 aliphatic heterocycles. The SMILES string of the molecule is C#CCn1c(=O)c(C)cn(C(C[C@@H](C)OC(=O)OC(C)(C)C)OCCOC(=O)OC(C)(C)C)c1=O. The van der Waals surface area contributed by atoms with Crippen LogP contribution in [0.2, 0.25) is 0 Å². The summed E-state index contributed by atoms with van der Waals surface area (Å²) < 4.78 is 28.4. The van der Waals surface area contributed by atoms with Crippen molar-refractivity contribution in [3.8, 4) is 12.3 Å². The number of aryl methyl sites for hydroxylation is 1. The number of aromatic nitrogens is 2. The Kier molecular flexibility index (Phi) is 10.6. The highest BCUT2D eigenvalue weighted by molar-refractivity contribution is 5.60. The zero-order chi connectivity index (χ0) is 27.0. The van der Waals surface area contributed by atoms with Crippen molar-refractivity contribution in [1.29, 1.82) is 0 Å². The van der Waals surface area contributed by atoms with Gasteiger partial charge in [-0.05, 0) is 55.4 Å². The van der Waals surface area contributed by atoms with Crippen molar-refractivity contribution in [2.75, 3.05) is 13.2 Å². The van der Waals surface area contributed by atoms with E-state index in [0.717, 1.165) is 4.57 Å². The van der Waals surface area contributed by atoms with E-state index in [4.69, 9.17) is 30.1 Å². The van der Waals surface area contributed by atoms with Gasteiger partial charge in [-0.1, -0.05) is 5.92 Å². The molecule has 0 spiro atoms. The maximum Gasteiger partial charge on any atom is 0.509 e. The predicted octanol–water partition coefficient (Wildman–Crippen LogP) is 3.15. The van der Waals surface area contributed by atoms with Crippen LogP contribution in [0.5, 0.6) is 0 Å². The third-order valence-corrected chi connectivity index (χ3v) is 4.15. The Morgan fingerprint density at radius 1 is 1.03 bits per heavy atom. The maximum atomic E-state index is 13.0. The van der Waals surface area contributed by atoms with Crippen molar-refractivity contribution < 1.29 is 33.3 Å². The van der Waals surface area contributed by atoms with E-state index in [1.165, 1.54) is 17.7 Å². The Bertz CT molecular complexity index is 1040. The summed E-state index contributed by atoms with van der Waals surface area (Å²) in [6.07, 6.45) is 3.22. The van der Waals surface area contributed by atoms with Crippen molar-refractivity contribution in [3.63, 3.8) is 0 Å². The molecule has 0 radical (unpaired) electrons. The van der Waals surface area contributed by atoms with Gasteiger partial charge in [0.25, 0.3) is 5.56 Å². The van der Waals surface area contributed by atoms with Crippen LogP contribution in [0.3, 0.4) is 0 Å². The first-order chi connectivity index (χ1) is 16.0. The first-order valence-electron chi connectivity index (χ1n) is 11.2. The van der Waals surface area contributed by atoms with Gasteiger partial charge in [0.2, 0.25) is 0 Å². The van der Waals surface area contributed by atoms with Crippen molar-refractivity contribution in [1.82, 2.24) is 9.13 Å². The molecule has 1 heterocycles. The number of nitrogens with zero attached hydrogens (tertiary/aromatic N) is 2. The van der Waals surface area contributed by atoms with Gasteiger partial charge in [0, 0.05) is 18.2 Å². The van der Waals surface area contributed by atoms with Crippen molar-refractivity contribution in [2.45, 2.75) is 91.9 Å². The van der Waals surface area contributed by atoms with Gasteiger partial charge in [-0.15, -0.1) is 6.42 Å². The lowest BCUT2D eigenvalue weighted by molar-refractivity contribution is -0.0722. The van der Waals surface area contributed by atoms with E-state index in [1.807, 2.05) is 0 Å². The van der Waals surface area contributed by atoms with Gasteiger partial charge >= 0.3 is 18.0 Å². The Morgan fingerprint density at radius 2 is 1.60 bits per heavy atom. The summed E-state index contributed by atoms with van der Waals surface area (Å²) in [6, 6.07) is 0. The first-order valence-corrected chi connectivity index (χ1v) is 11.2. The van der Waals surface area contributed by atoms with Crippen molar-refractivity contribution >= 4 is 12.3 Å². The second-order valence-electron chi connectivity index (χ2n) is 9.86. The van der Waals surface area contributed by atoms with E-state index in [-0.39, 0.29) is 31.7 Å². The zero-order valence-corrected chi connectivity index (χ0v) is 21.7. The zero-order valence-electron chi connectivity index (χ0n) is 21.7. The molecule has 0 aromatic carbocycles. The normalized spacial score (nSPS) is 13.3. The second kappa shape index (κ2) is 12.4. The molecule has 11 nitrogen and oxygen atoms in total. The standard InChI is InChI=1S/C24H36N2O9/c1-10-11-25-19(27)16(2)15-26(20(25)28)18(14-17(3)33-22(30)35-24(7,8)9)31-12-13-32-21(29)34-23(4,5)6/h1,15,17-18H,11-14H2,2-9H3/t17-,18?/m1/s1. The smallest absolute Gasteiger partial charge is 0.432 e. The van der Waals surface area contributed by atoms with E-state index in [2.05, 4.69) is 5.92 Å². The Balaban J connectivity index is 3.08. The minimum Gasteiger partial charge on any atom is -0.432 e. The Morgan fingerprint density at radius 3 is 2.14 bits per heavy atom. The molecule has 2 atom stereocenters. The number of ether oxygens (including phenoxy) is 5. The molecule has 35 heavy (non-hydrogen) atoms.